The molecule has 2 aromatic rings. The third-order valence-corrected chi connectivity index (χ3v) is 3.19. The van der Waals surface area contributed by atoms with Crippen molar-refractivity contribution in [1.82, 2.24) is 5.32 Å². The molecule has 0 fully saturated rings. The molecular weight excluding hydrogens is 289 g/mol. The molecule has 0 spiro atoms. The smallest absolute Gasteiger partial charge is 0.326 e. The minimum absolute atomic E-state index is 0.0647. The van der Waals surface area contributed by atoms with E-state index in [-0.39, 0.29) is 23.0 Å². The minimum Gasteiger partial charge on any atom is -0.480 e. The first kappa shape index (κ1) is 15.8. The maximum absolute atomic E-state index is 13.7. The van der Waals surface area contributed by atoms with Gasteiger partial charge < -0.3 is 14.8 Å². The molecule has 0 saturated heterocycles. The van der Waals surface area contributed by atoms with Crippen LogP contribution in [0.2, 0.25) is 0 Å². The summed E-state index contributed by atoms with van der Waals surface area (Å²) < 4.78 is 19.0. The highest BCUT2D eigenvalue weighted by molar-refractivity contribution is 5.94. The molecule has 1 heterocycles. The number of aliphatic carboxylic acids is 1. The van der Waals surface area contributed by atoms with Crippen molar-refractivity contribution in [2.75, 3.05) is 0 Å². The maximum atomic E-state index is 13.7. The van der Waals surface area contributed by atoms with E-state index in [4.69, 9.17) is 9.52 Å². The number of nitrogens with one attached hydrogen (secondary N) is 1. The van der Waals surface area contributed by atoms with Gasteiger partial charge in [0.25, 0.3) is 5.91 Å². The molecule has 0 aliphatic rings. The molecule has 2 N–H and O–H groups in total. The number of furan rings is 1. The lowest BCUT2D eigenvalue weighted by atomic mass is 10.0. The van der Waals surface area contributed by atoms with Gasteiger partial charge in [0.05, 0.1) is 5.56 Å². The van der Waals surface area contributed by atoms with Crippen molar-refractivity contribution in [2.45, 2.75) is 19.9 Å². The van der Waals surface area contributed by atoms with Gasteiger partial charge in [-0.15, -0.1) is 0 Å². The van der Waals surface area contributed by atoms with E-state index in [9.17, 15) is 14.0 Å². The number of rotatable bonds is 5. The lowest BCUT2D eigenvalue weighted by Crippen LogP contribution is -2.44. The molecule has 0 aliphatic heterocycles. The number of benzene rings is 1. The van der Waals surface area contributed by atoms with Crippen LogP contribution in [-0.2, 0) is 4.79 Å². The third kappa shape index (κ3) is 3.33. The van der Waals surface area contributed by atoms with Crippen LogP contribution in [0.25, 0.3) is 11.3 Å². The third-order valence-electron chi connectivity index (χ3n) is 3.19. The Hall–Kier alpha value is -2.63. The summed E-state index contributed by atoms with van der Waals surface area (Å²) in [7, 11) is 0. The Morgan fingerprint density at radius 3 is 2.45 bits per heavy atom. The first-order valence-electron chi connectivity index (χ1n) is 6.78. The summed E-state index contributed by atoms with van der Waals surface area (Å²) in [4.78, 5) is 23.1. The summed E-state index contributed by atoms with van der Waals surface area (Å²) in [6, 6.07) is 7.86. The first-order chi connectivity index (χ1) is 10.4. The van der Waals surface area contributed by atoms with Crippen molar-refractivity contribution in [2.24, 2.45) is 5.92 Å². The van der Waals surface area contributed by atoms with Gasteiger partial charge in [-0.1, -0.05) is 26.0 Å². The lowest BCUT2D eigenvalue weighted by Gasteiger charge is -2.16. The Morgan fingerprint density at radius 1 is 1.18 bits per heavy atom. The second-order valence-electron chi connectivity index (χ2n) is 5.18. The Kier molecular flexibility index (Phi) is 4.60. The van der Waals surface area contributed by atoms with E-state index >= 15 is 0 Å². The second kappa shape index (κ2) is 6.43. The van der Waals surface area contributed by atoms with Gasteiger partial charge in [-0.3, -0.25) is 4.79 Å². The van der Waals surface area contributed by atoms with Gasteiger partial charge >= 0.3 is 5.97 Å². The van der Waals surface area contributed by atoms with Crippen LogP contribution in [0.3, 0.4) is 0 Å². The maximum Gasteiger partial charge on any atom is 0.326 e. The topological polar surface area (TPSA) is 79.5 Å². The zero-order valence-corrected chi connectivity index (χ0v) is 12.2. The number of carbonyl (C=O) groups is 2. The van der Waals surface area contributed by atoms with Crippen molar-refractivity contribution in [3.05, 3.63) is 48.0 Å². The average Bonchev–Trinajstić information content (AvgIpc) is 2.94. The second-order valence-corrected chi connectivity index (χ2v) is 5.18. The molecule has 0 saturated carbocycles. The molecule has 116 valence electrons. The Labute approximate surface area is 126 Å². The predicted molar refractivity (Wildman–Crippen MR) is 77.8 cm³/mol. The highest BCUT2D eigenvalue weighted by Crippen LogP contribution is 2.24. The van der Waals surface area contributed by atoms with Crippen LogP contribution < -0.4 is 5.32 Å². The van der Waals surface area contributed by atoms with E-state index < -0.39 is 23.7 Å². The van der Waals surface area contributed by atoms with Gasteiger partial charge in [0.1, 0.15) is 17.6 Å². The van der Waals surface area contributed by atoms with E-state index in [2.05, 4.69) is 5.32 Å². The van der Waals surface area contributed by atoms with Crippen LogP contribution in [0.15, 0.2) is 40.8 Å². The predicted octanol–water partition coefficient (Wildman–Crippen LogP) is 2.92. The number of amides is 1. The van der Waals surface area contributed by atoms with Gasteiger partial charge in [-0.25, -0.2) is 9.18 Å². The lowest BCUT2D eigenvalue weighted by molar-refractivity contribution is -0.140. The fourth-order valence-electron chi connectivity index (χ4n) is 1.99. The molecule has 22 heavy (non-hydrogen) atoms. The molecule has 2 rings (SSSR count). The molecule has 5 nitrogen and oxygen atoms in total. The number of carboxylic acids is 1. The summed E-state index contributed by atoms with van der Waals surface area (Å²) in [6.07, 6.45) is 0. The van der Waals surface area contributed by atoms with Crippen LogP contribution >= 0.6 is 0 Å². The first-order valence-corrected chi connectivity index (χ1v) is 6.78. The molecule has 1 atom stereocenters. The molecule has 0 aliphatic carbocycles. The van der Waals surface area contributed by atoms with Crippen molar-refractivity contribution in [3.8, 4) is 11.3 Å². The molecule has 0 bridgehead atoms. The van der Waals surface area contributed by atoms with Gasteiger partial charge in [0.2, 0.25) is 0 Å². The summed E-state index contributed by atoms with van der Waals surface area (Å²) >= 11 is 0. The van der Waals surface area contributed by atoms with E-state index in [1.165, 1.54) is 24.3 Å². The highest BCUT2D eigenvalue weighted by Gasteiger charge is 2.25. The zero-order valence-electron chi connectivity index (χ0n) is 12.2. The van der Waals surface area contributed by atoms with Gasteiger partial charge in [-0.2, -0.15) is 0 Å². The summed E-state index contributed by atoms with van der Waals surface area (Å²) in [5, 5.41) is 11.4. The largest absolute Gasteiger partial charge is 0.480 e. The number of hydrogen-bond donors (Lipinski definition) is 2. The number of carbonyl (C=O) groups excluding carboxylic acids is 1. The van der Waals surface area contributed by atoms with Gasteiger partial charge in [0.15, 0.2) is 5.76 Å². The Bertz CT molecular complexity index is 693. The molecule has 0 unspecified atom stereocenters. The van der Waals surface area contributed by atoms with Crippen molar-refractivity contribution in [1.29, 1.82) is 0 Å². The quantitative estimate of drug-likeness (QED) is 0.890. The standard InChI is InChI=1S/C16H16FNO4/c1-9(2)14(16(20)21)18-15(19)13-8-7-12(22-13)10-5-3-4-6-11(10)17/h3-9,14H,1-2H3,(H,18,19)(H,20,21)/t14-/m0/s1. The van der Waals surface area contributed by atoms with E-state index in [1.807, 2.05) is 0 Å². The molecule has 1 amide bonds. The normalized spacial score (nSPS) is 12.2. The molecule has 0 radical (unpaired) electrons. The highest BCUT2D eigenvalue weighted by atomic mass is 19.1. The van der Waals surface area contributed by atoms with Crippen LogP contribution in [0.5, 0.6) is 0 Å². The van der Waals surface area contributed by atoms with E-state index in [0.717, 1.165) is 0 Å². The summed E-state index contributed by atoms with van der Waals surface area (Å²) in [5.41, 5.74) is 0.236. The van der Waals surface area contributed by atoms with Crippen LogP contribution in [-0.4, -0.2) is 23.0 Å². The monoisotopic (exact) mass is 305 g/mol. The van der Waals surface area contributed by atoms with Crippen molar-refractivity contribution < 1.29 is 23.5 Å². The van der Waals surface area contributed by atoms with Crippen molar-refractivity contribution in [3.63, 3.8) is 0 Å². The van der Waals surface area contributed by atoms with Crippen LogP contribution in [0, 0.1) is 11.7 Å². The van der Waals surface area contributed by atoms with E-state index in [1.54, 1.807) is 26.0 Å². The number of halogens is 1. The molecule has 1 aromatic heterocycles. The van der Waals surface area contributed by atoms with Gasteiger partial charge in [-0.05, 0) is 30.2 Å². The Morgan fingerprint density at radius 2 is 1.86 bits per heavy atom. The minimum atomic E-state index is -1.12. The molecule has 6 heteroatoms. The van der Waals surface area contributed by atoms with E-state index in [0.29, 0.717) is 0 Å². The fraction of sp³-hybridized carbons (Fsp3) is 0.250. The fourth-order valence-corrected chi connectivity index (χ4v) is 1.99. The SMILES string of the molecule is CC(C)[C@H](NC(=O)c1ccc(-c2ccccc2F)o1)C(=O)O. The average molecular weight is 305 g/mol. The van der Waals surface area contributed by atoms with Crippen LogP contribution in [0.1, 0.15) is 24.4 Å². The molecular formula is C16H16FNO4. The Balaban J connectivity index is 2.19. The molecule has 1 aromatic carbocycles. The zero-order chi connectivity index (χ0) is 16.3. The van der Waals surface area contributed by atoms with Gasteiger partial charge in [0, 0.05) is 0 Å². The van der Waals surface area contributed by atoms with Crippen LogP contribution in [0.4, 0.5) is 4.39 Å². The van der Waals surface area contributed by atoms with Crippen molar-refractivity contribution >= 4 is 11.9 Å². The summed E-state index contributed by atoms with van der Waals surface area (Å²) in [5.74, 6) is -2.37. The summed E-state index contributed by atoms with van der Waals surface area (Å²) in [6.45, 7) is 3.37. The number of carboxylic acid groups (broad SMARTS) is 1. The number of hydrogen-bond acceptors (Lipinski definition) is 3.